The van der Waals surface area contributed by atoms with Crippen LogP contribution in [0.1, 0.15) is 5.56 Å². The van der Waals surface area contributed by atoms with Crippen LogP contribution in [0, 0.1) is 0 Å². The van der Waals surface area contributed by atoms with Crippen LogP contribution < -0.4 is 0 Å². The fourth-order valence-electron chi connectivity index (χ4n) is 1.59. The smallest absolute Gasteiger partial charge is 0.328 e. The highest BCUT2D eigenvalue weighted by Gasteiger charge is 2.01. The number of aliphatic carboxylic acids is 1. The van der Waals surface area contributed by atoms with E-state index in [2.05, 4.69) is 4.98 Å². The molecular weight excluding hydrogens is 214 g/mol. The zero-order valence-electron chi connectivity index (χ0n) is 9.08. The predicted molar refractivity (Wildman–Crippen MR) is 66.3 cm³/mol. The Bertz CT molecular complexity index is 547. The summed E-state index contributed by atoms with van der Waals surface area (Å²) in [7, 11) is 0. The van der Waals surface area contributed by atoms with Crippen LogP contribution in [-0.4, -0.2) is 16.1 Å². The van der Waals surface area contributed by atoms with Crippen molar-refractivity contribution in [1.82, 2.24) is 4.98 Å². The molecule has 0 aliphatic heterocycles. The molecule has 0 radical (unpaired) electrons. The third-order valence-corrected chi connectivity index (χ3v) is 2.34. The zero-order chi connectivity index (χ0) is 12.1. The Morgan fingerprint density at radius 2 is 2.00 bits per heavy atom. The first kappa shape index (κ1) is 11.1. The number of benzene rings is 1. The van der Waals surface area contributed by atoms with Crippen LogP contribution in [0.3, 0.4) is 0 Å². The number of pyridine rings is 1. The van der Waals surface area contributed by atoms with E-state index in [9.17, 15) is 4.79 Å². The Kier molecular flexibility index (Phi) is 3.31. The number of nitrogens with zero attached hydrogens (tertiary/aromatic N) is 1. The molecule has 2 rings (SSSR count). The van der Waals surface area contributed by atoms with Gasteiger partial charge in [-0.2, -0.15) is 0 Å². The van der Waals surface area contributed by atoms with Gasteiger partial charge in [-0.3, -0.25) is 4.98 Å². The molecular formula is C14H11NO2. The van der Waals surface area contributed by atoms with Crippen molar-refractivity contribution in [2.45, 2.75) is 0 Å². The van der Waals surface area contributed by atoms with Crippen LogP contribution in [0.25, 0.3) is 17.2 Å². The van der Waals surface area contributed by atoms with Crippen LogP contribution in [0.2, 0.25) is 0 Å². The van der Waals surface area contributed by atoms with E-state index < -0.39 is 5.97 Å². The van der Waals surface area contributed by atoms with Gasteiger partial charge in [0.1, 0.15) is 0 Å². The highest BCUT2D eigenvalue weighted by Crippen LogP contribution is 2.23. The summed E-state index contributed by atoms with van der Waals surface area (Å²) in [6.45, 7) is 0. The molecule has 0 fully saturated rings. The van der Waals surface area contributed by atoms with Gasteiger partial charge in [0.15, 0.2) is 0 Å². The highest BCUT2D eigenvalue weighted by atomic mass is 16.4. The summed E-state index contributed by atoms with van der Waals surface area (Å²) in [4.78, 5) is 14.6. The minimum absolute atomic E-state index is 0.864. The number of hydrogen-bond acceptors (Lipinski definition) is 2. The van der Waals surface area contributed by atoms with Gasteiger partial charge in [-0.25, -0.2) is 4.79 Å². The van der Waals surface area contributed by atoms with Gasteiger partial charge in [0.05, 0.1) is 0 Å². The summed E-state index contributed by atoms with van der Waals surface area (Å²) in [5.74, 6) is -0.953. The number of rotatable bonds is 3. The lowest BCUT2D eigenvalue weighted by Gasteiger charge is -2.04. The largest absolute Gasteiger partial charge is 0.478 e. The fourth-order valence-corrected chi connectivity index (χ4v) is 1.59. The van der Waals surface area contributed by atoms with Gasteiger partial charge in [-0.15, -0.1) is 0 Å². The second kappa shape index (κ2) is 5.07. The van der Waals surface area contributed by atoms with E-state index in [1.54, 1.807) is 18.5 Å². The molecule has 1 aromatic carbocycles. The second-order valence-electron chi connectivity index (χ2n) is 3.50. The molecule has 0 bridgehead atoms. The average Bonchev–Trinajstić information content (AvgIpc) is 2.38. The van der Waals surface area contributed by atoms with Gasteiger partial charge in [0, 0.05) is 24.0 Å². The SMILES string of the molecule is O=C(O)/C=C/c1ccccc1-c1cccnc1. The summed E-state index contributed by atoms with van der Waals surface area (Å²) in [5.41, 5.74) is 2.80. The van der Waals surface area contributed by atoms with E-state index in [1.165, 1.54) is 0 Å². The van der Waals surface area contributed by atoms with E-state index in [4.69, 9.17) is 5.11 Å². The highest BCUT2D eigenvalue weighted by molar-refractivity contribution is 5.87. The van der Waals surface area contributed by atoms with Crippen molar-refractivity contribution in [3.8, 4) is 11.1 Å². The van der Waals surface area contributed by atoms with E-state index in [-0.39, 0.29) is 0 Å². The first-order valence-electron chi connectivity index (χ1n) is 5.18. The van der Waals surface area contributed by atoms with E-state index >= 15 is 0 Å². The summed E-state index contributed by atoms with van der Waals surface area (Å²) in [5, 5.41) is 8.64. The van der Waals surface area contributed by atoms with Crippen molar-refractivity contribution in [2.75, 3.05) is 0 Å². The molecule has 0 aliphatic carbocycles. The first-order valence-corrected chi connectivity index (χ1v) is 5.18. The Morgan fingerprint density at radius 3 is 2.71 bits per heavy atom. The first-order chi connectivity index (χ1) is 8.27. The standard InChI is InChI=1S/C14H11NO2/c16-14(17)8-7-11-4-1-2-6-13(11)12-5-3-9-15-10-12/h1-10H,(H,16,17)/b8-7+. The average molecular weight is 225 g/mol. The Labute approximate surface area is 99.1 Å². The maximum Gasteiger partial charge on any atom is 0.328 e. The number of hydrogen-bond donors (Lipinski definition) is 1. The van der Waals surface area contributed by atoms with Crippen molar-refractivity contribution in [3.63, 3.8) is 0 Å². The number of carboxylic acids is 1. The molecule has 17 heavy (non-hydrogen) atoms. The van der Waals surface area contributed by atoms with Crippen molar-refractivity contribution < 1.29 is 9.90 Å². The molecule has 0 unspecified atom stereocenters. The fraction of sp³-hybridized carbons (Fsp3) is 0. The third kappa shape index (κ3) is 2.78. The van der Waals surface area contributed by atoms with Crippen molar-refractivity contribution in [3.05, 3.63) is 60.4 Å². The summed E-state index contributed by atoms with van der Waals surface area (Å²) >= 11 is 0. The quantitative estimate of drug-likeness (QED) is 0.817. The lowest BCUT2D eigenvalue weighted by molar-refractivity contribution is -0.131. The Hall–Kier alpha value is -2.42. The Balaban J connectivity index is 2.45. The van der Waals surface area contributed by atoms with Crippen LogP contribution in [-0.2, 0) is 4.79 Å². The molecule has 0 spiro atoms. The van der Waals surface area contributed by atoms with Crippen molar-refractivity contribution in [2.24, 2.45) is 0 Å². The normalized spacial score (nSPS) is 10.6. The second-order valence-corrected chi connectivity index (χ2v) is 3.50. The van der Waals surface area contributed by atoms with Gasteiger partial charge in [-0.1, -0.05) is 30.3 Å². The molecule has 1 N–H and O–H groups in total. The van der Waals surface area contributed by atoms with Crippen LogP contribution in [0.5, 0.6) is 0 Å². The minimum Gasteiger partial charge on any atom is -0.478 e. The lowest BCUT2D eigenvalue weighted by Crippen LogP contribution is -1.88. The van der Waals surface area contributed by atoms with E-state index in [0.29, 0.717) is 0 Å². The monoisotopic (exact) mass is 225 g/mol. The molecule has 3 heteroatoms. The molecule has 0 saturated heterocycles. The van der Waals surface area contributed by atoms with Gasteiger partial charge in [-0.05, 0) is 23.3 Å². The van der Waals surface area contributed by atoms with Gasteiger partial charge >= 0.3 is 5.97 Å². The topological polar surface area (TPSA) is 50.2 Å². The molecule has 0 saturated carbocycles. The number of aromatic nitrogens is 1. The summed E-state index contributed by atoms with van der Waals surface area (Å²) in [6.07, 6.45) is 6.19. The lowest BCUT2D eigenvalue weighted by atomic mass is 10.0. The molecule has 0 atom stereocenters. The Morgan fingerprint density at radius 1 is 1.18 bits per heavy atom. The molecule has 0 amide bonds. The van der Waals surface area contributed by atoms with Gasteiger partial charge in [0.2, 0.25) is 0 Å². The predicted octanol–water partition coefficient (Wildman–Crippen LogP) is 2.85. The van der Waals surface area contributed by atoms with Gasteiger partial charge < -0.3 is 5.11 Å². The molecule has 1 heterocycles. The van der Waals surface area contributed by atoms with Crippen molar-refractivity contribution in [1.29, 1.82) is 0 Å². The molecule has 3 nitrogen and oxygen atoms in total. The summed E-state index contributed by atoms with van der Waals surface area (Å²) in [6, 6.07) is 11.4. The molecule has 1 aromatic heterocycles. The van der Waals surface area contributed by atoms with Crippen LogP contribution >= 0.6 is 0 Å². The zero-order valence-corrected chi connectivity index (χ0v) is 9.08. The third-order valence-electron chi connectivity index (χ3n) is 2.34. The molecule has 2 aromatic rings. The van der Waals surface area contributed by atoms with E-state index in [1.807, 2.05) is 36.4 Å². The van der Waals surface area contributed by atoms with Crippen LogP contribution in [0.15, 0.2) is 54.9 Å². The minimum atomic E-state index is -0.953. The van der Waals surface area contributed by atoms with Crippen LogP contribution in [0.4, 0.5) is 0 Å². The molecule has 84 valence electrons. The van der Waals surface area contributed by atoms with Gasteiger partial charge in [0.25, 0.3) is 0 Å². The molecule has 0 aliphatic rings. The maximum atomic E-state index is 10.5. The summed E-state index contributed by atoms with van der Waals surface area (Å²) < 4.78 is 0. The van der Waals surface area contributed by atoms with E-state index in [0.717, 1.165) is 22.8 Å². The number of carbonyl (C=O) groups is 1. The maximum absolute atomic E-state index is 10.5. The number of carboxylic acid groups (broad SMARTS) is 1. The van der Waals surface area contributed by atoms with Crippen molar-refractivity contribution >= 4 is 12.0 Å².